The van der Waals surface area contributed by atoms with E-state index in [0.717, 1.165) is 23.9 Å². The molecule has 2 fully saturated rings. The largest absolute Gasteiger partial charge is 0.417 e. The van der Waals surface area contributed by atoms with E-state index >= 15 is 0 Å². The molecule has 0 bridgehead atoms. The lowest BCUT2D eigenvalue weighted by Crippen LogP contribution is -2.35. The fourth-order valence-electron chi connectivity index (χ4n) is 4.22. The van der Waals surface area contributed by atoms with Crippen molar-refractivity contribution in [3.05, 3.63) is 42.9 Å². The lowest BCUT2D eigenvalue weighted by Gasteiger charge is -2.21. The third-order valence-electron chi connectivity index (χ3n) is 5.89. The number of pyridine rings is 1. The van der Waals surface area contributed by atoms with Gasteiger partial charge in [0.1, 0.15) is 5.41 Å². The molecule has 2 aliphatic rings. The Bertz CT molecular complexity index is 1170. The molecule has 4 heterocycles. The number of carbonyl (C=O) groups excluding carboxylic acids is 1. The first-order valence-electron chi connectivity index (χ1n) is 9.64. The van der Waals surface area contributed by atoms with Crippen LogP contribution in [0.25, 0.3) is 16.6 Å². The number of hydrogen-bond acceptors (Lipinski definition) is 5. The number of fused-ring (bicyclic) bond motifs is 1. The second-order valence-electron chi connectivity index (χ2n) is 7.60. The van der Waals surface area contributed by atoms with E-state index in [0.29, 0.717) is 24.2 Å². The van der Waals surface area contributed by atoms with Crippen LogP contribution in [0.3, 0.4) is 0 Å². The fourth-order valence-corrected chi connectivity index (χ4v) is 4.22. The minimum atomic E-state index is -2.93. The molecule has 3 aromatic heterocycles. The van der Waals surface area contributed by atoms with Crippen LogP contribution in [0.1, 0.15) is 19.3 Å². The second-order valence-corrected chi connectivity index (χ2v) is 7.60. The maximum Gasteiger partial charge on any atom is 0.388 e. The van der Waals surface area contributed by atoms with Gasteiger partial charge >= 0.3 is 6.61 Å². The van der Waals surface area contributed by atoms with Gasteiger partial charge in [-0.25, -0.2) is 9.50 Å². The maximum atomic E-state index is 13.2. The number of hydrogen-bond donors (Lipinski definition) is 0. The first-order chi connectivity index (χ1) is 14.5. The number of nitriles is 1. The minimum Gasteiger partial charge on any atom is -0.417 e. The van der Waals surface area contributed by atoms with E-state index in [1.165, 1.54) is 12.3 Å². The summed E-state index contributed by atoms with van der Waals surface area (Å²) in [7, 11) is 0. The van der Waals surface area contributed by atoms with Crippen LogP contribution in [0.5, 0.6) is 5.88 Å². The molecule has 1 atom stereocenters. The SMILES string of the molecule is N#C[C@@]1(C2CC2)CCN(c2ccnn3cc(-c4ccc(OC(F)F)nc4)cc23)C1=O. The summed E-state index contributed by atoms with van der Waals surface area (Å²) in [5.41, 5.74) is 1.97. The Hall–Kier alpha value is -3.54. The van der Waals surface area contributed by atoms with Crippen molar-refractivity contribution >= 4 is 17.1 Å². The molecule has 7 nitrogen and oxygen atoms in total. The first-order valence-corrected chi connectivity index (χ1v) is 9.64. The van der Waals surface area contributed by atoms with Crippen LogP contribution in [-0.2, 0) is 4.79 Å². The van der Waals surface area contributed by atoms with Gasteiger partial charge in [-0.3, -0.25) is 4.79 Å². The third-order valence-corrected chi connectivity index (χ3v) is 5.89. The molecule has 30 heavy (non-hydrogen) atoms. The first kappa shape index (κ1) is 18.5. The Morgan fingerprint density at radius 1 is 1.27 bits per heavy atom. The van der Waals surface area contributed by atoms with Crippen LogP contribution in [0.2, 0.25) is 0 Å². The van der Waals surface area contributed by atoms with Gasteiger partial charge in [0.25, 0.3) is 0 Å². The van der Waals surface area contributed by atoms with Crippen molar-refractivity contribution in [3.8, 4) is 23.1 Å². The van der Waals surface area contributed by atoms with Gasteiger partial charge in [0, 0.05) is 42.3 Å². The van der Waals surface area contributed by atoms with Crippen LogP contribution in [0, 0.1) is 22.7 Å². The van der Waals surface area contributed by atoms with Crippen molar-refractivity contribution in [1.29, 1.82) is 5.26 Å². The summed E-state index contributed by atoms with van der Waals surface area (Å²) in [6, 6.07) is 8.94. The van der Waals surface area contributed by atoms with Gasteiger partial charge in [0.2, 0.25) is 11.8 Å². The van der Waals surface area contributed by atoms with Crippen molar-refractivity contribution in [3.63, 3.8) is 0 Å². The van der Waals surface area contributed by atoms with Gasteiger partial charge in [-0.2, -0.15) is 19.1 Å². The topological polar surface area (TPSA) is 83.5 Å². The smallest absolute Gasteiger partial charge is 0.388 e. The Kier molecular flexibility index (Phi) is 4.17. The summed E-state index contributed by atoms with van der Waals surface area (Å²) in [6.45, 7) is -2.44. The lowest BCUT2D eigenvalue weighted by atomic mass is 9.83. The molecule has 1 amide bonds. The summed E-state index contributed by atoms with van der Waals surface area (Å²) in [5, 5.41) is 14.0. The summed E-state index contributed by atoms with van der Waals surface area (Å²) in [5.74, 6) is -0.148. The molecule has 1 saturated heterocycles. The van der Waals surface area contributed by atoms with Gasteiger partial charge in [0.15, 0.2) is 0 Å². The molecule has 5 rings (SSSR count). The van der Waals surface area contributed by atoms with Crippen LogP contribution >= 0.6 is 0 Å². The predicted octanol–water partition coefficient (Wildman–Crippen LogP) is 3.65. The zero-order valence-electron chi connectivity index (χ0n) is 15.8. The Morgan fingerprint density at radius 3 is 2.77 bits per heavy atom. The molecular weight excluding hydrogens is 392 g/mol. The molecule has 3 aromatic rings. The van der Waals surface area contributed by atoms with Crippen LogP contribution in [-0.4, -0.2) is 33.7 Å². The van der Waals surface area contributed by atoms with Crippen molar-refractivity contribution in [2.45, 2.75) is 25.9 Å². The monoisotopic (exact) mass is 409 g/mol. The number of ether oxygens (including phenoxy) is 1. The van der Waals surface area contributed by atoms with Gasteiger partial charge < -0.3 is 9.64 Å². The molecule has 1 aliphatic carbocycles. The number of alkyl halides is 2. The van der Waals surface area contributed by atoms with Gasteiger partial charge in [-0.1, -0.05) is 0 Å². The van der Waals surface area contributed by atoms with Crippen LogP contribution in [0.4, 0.5) is 14.5 Å². The van der Waals surface area contributed by atoms with Gasteiger partial charge in [-0.05, 0) is 43.4 Å². The molecule has 9 heteroatoms. The average Bonchev–Trinajstić information content (AvgIpc) is 3.41. The Labute approximate surface area is 170 Å². The molecule has 1 saturated carbocycles. The molecule has 0 N–H and O–H groups in total. The van der Waals surface area contributed by atoms with E-state index in [1.807, 2.05) is 6.07 Å². The van der Waals surface area contributed by atoms with E-state index < -0.39 is 12.0 Å². The summed E-state index contributed by atoms with van der Waals surface area (Å²) in [4.78, 5) is 18.8. The summed E-state index contributed by atoms with van der Waals surface area (Å²) < 4.78 is 30.6. The third kappa shape index (κ3) is 2.87. The summed E-state index contributed by atoms with van der Waals surface area (Å²) >= 11 is 0. The van der Waals surface area contributed by atoms with Crippen molar-refractivity contribution < 1.29 is 18.3 Å². The molecule has 0 radical (unpaired) electrons. The van der Waals surface area contributed by atoms with Crippen molar-refractivity contribution in [2.75, 3.05) is 11.4 Å². The number of rotatable bonds is 5. The maximum absolute atomic E-state index is 13.2. The normalized spacial score (nSPS) is 21.4. The lowest BCUT2D eigenvalue weighted by molar-refractivity contribution is -0.123. The second kappa shape index (κ2) is 6.76. The molecular formula is C21H17F2N5O2. The standard InChI is InChI=1S/C21H17F2N5O2/c22-20(23)30-18-4-1-13(10-25-18)14-9-17-16(5-7-26-28(17)11-14)27-8-6-21(12-24,19(27)29)15-2-3-15/h1,4-5,7,9-11,15,20H,2-3,6,8H2/t21-/m1/s1. The number of amides is 1. The number of carbonyl (C=O) groups is 1. The Balaban J connectivity index is 1.49. The zero-order valence-corrected chi connectivity index (χ0v) is 15.8. The highest BCUT2D eigenvalue weighted by Crippen LogP contribution is 2.52. The predicted molar refractivity (Wildman–Crippen MR) is 103 cm³/mol. The van der Waals surface area contributed by atoms with Gasteiger partial charge in [-0.15, -0.1) is 0 Å². The number of nitrogens with zero attached hydrogens (tertiary/aromatic N) is 5. The molecule has 0 aromatic carbocycles. The fraction of sp³-hybridized carbons (Fsp3) is 0.333. The number of halogens is 2. The molecule has 0 unspecified atom stereocenters. The van der Waals surface area contributed by atoms with Crippen LogP contribution < -0.4 is 9.64 Å². The van der Waals surface area contributed by atoms with E-state index in [4.69, 9.17) is 0 Å². The quantitative estimate of drug-likeness (QED) is 0.642. The molecule has 1 aliphatic heterocycles. The summed E-state index contributed by atoms with van der Waals surface area (Å²) in [6.07, 6.45) is 7.22. The highest BCUT2D eigenvalue weighted by atomic mass is 19.3. The molecule has 152 valence electrons. The number of aromatic nitrogens is 3. The van der Waals surface area contributed by atoms with Crippen molar-refractivity contribution in [2.24, 2.45) is 11.3 Å². The highest BCUT2D eigenvalue weighted by molar-refractivity contribution is 6.05. The van der Waals surface area contributed by atoms with E-state index in [9.17, 15) is 18.8 Å². The van der Waals surface area contributed by atoms with E-state index in [2.05, 4.69) is 20.9 Å². The van der Waals surface area contributed by atoms with Gasteiger partial charge in [0.05, 0.1) is 17.3 Å². The zero-order chi connectivity index (χ0) is 20.9. The van der Waals surface area contributed by atoms with E-state index in [-0.39, 0.29) is 17.7 Å². The van der Waals surface area contributed by atoms with Crippen LogP contribution in [0.15, 0.2) is 42.9 Å². The van der Waals surface area contributed by atoms with Crippen molar-refractivity contribution in [1.82, 2.24) is 14.6 Å². The average molecular weight is 409 g/mol. The number of anilines is 1. The Morgan fingerprint density at radius 2 is 2.10 bits per heavy atom. The minimum absolute atomic E-state index is 0.140. The molecule has 0 spiro atoms. The van der Waals surface area contributed by atoms with E-state index in [1.54, 1.807) is 33.9 Å². The highest BCUT2D eigenvalue weighted by Gasteiger charge is 2.56.